The molecule has 30 heavy (non-hydrogen) atoms. The minimum atomic E-state index is -4.15. The zero-order chi connectivity index (χ0) is 21.0. The van der Waals surface area contributed by atoms with Crippen molar-refractivity contribution in [3.8, 4) is 0 Å². The molecule has 9 nitrogen and oxygen atoms in total. The van der Waals surface area contributed by atoms with E-state index in [9.17, 15) is 13.2 Å². The number of anilines is 2. The second kappa shape index (κ2) is 10.6. The van der Waals surface area contributed by atoms with Crippen molar-refractivity contribution in [1.29, 1.82) is 0 Å². The van der Waals surface area contributed by atoms with Crippen LogP contribution in [0.4, 0.5) is 16.2 Å². The molecular weight excluding hydrogens is 417 g/mol. The van der Waals surface area contributed by atoms with E-state index in [1.807, 2.05) is 32.0 Å². The van der Waals surface area contributed by atoms with Gasteiger partial charge in [0.25, 0.3) is 0 Å². The topological polar surface area (TPSA) is 106 Å². The fraction of sp³-hybridized carbons (Fsp3) is 0.474. The molecule has 2 aromatic rings. The van der Waals surface area contributed by atoms with E-state index in [1.165, 1.54) is 15.2 Å². The average molecular weight is 446 g/mol. The molecule has 0 spiro atoms. The maximum absolute atomic E-state index is 13.1. The molecule has 1 aromatic carbocycles. The summed E-state index contributed by atoms with van der Waals surface area (Å²) >= 11 is 0. The van der Waals surface area contributed by atoms with Crippen LogP contribution in [0.3, 0.4) is 0 Å². The molecule has 0 atom stereocenters. The van der Waals surface area contributed by atoms with Gasteiger partial charge in [-0.15, -0.1) is 0 Å². The Morgan fingerprint density at radius 2 is 2.00 bits per heavy atom. The van der Waals surface area contributed by atoms with Gasteiger partial charge >= 0.3 is 45.8 Å². The van der Waals surface area contributed by atoms with Crippen LogP contribution in [0, 0.1) is 0 Å². The van der Waals surface area contributed by atoms with Crippen molar-refractivity contribution in [2.45, 2.75) is 38.6 Å². The molecule has 0 unspecified atom stereocenters. The Morgan fingerprint density at radius 1 is 1.30 bits per heavy atom. The van der Waals surface area contributed by atoms with Crippen LogP contribution < -0.4 is 14.3 Å². The Morgan fingerprint density at radius 3 is 2.60 bits per heavy atom. The predicted octanol–water partition coefficient (Wildman–Crippen LogP) is 1.95. The van der Waals surface area contributed by atoms with Gasteiger partial charge < -0.3 is 10.1 Å². The van der Waals surface area contributed by atoms with Crippen LogP contribution in [0.15, 0.2) is 36.7 Å². The molecule has 1 aliphatic heterocycles. The first-order valence-electron chi connectivity index (χ1n) is 9.56. The third-order valence-electron chi connectivity index (χ3n) is 4.76. The monoisotopic (exact) mass is 445 g/mol. The Balaban J connectivity index is 0.00000320. The fourth-order valence-corrected chi connectivity index (χ4v) is 4.64. The number of aryl methyl sites for hydroxylation is 1. The summed E-state index contributed by atoms with van der Waals surface area (Å²) in [7, 11) is -2.44. The van der Waals surface area contributed by atoms with Gasteiger partial charge in [-0.2, -0.15) is 13.5 Å². The summed E-state index contributed by atoms with van der Waals surface area (Å²) < 4.78 is 36.4. The van der Waals surface area contributed by atoms with E-state index in [1.54, 1.807) is 19.3 Å². The quantitative estimate of drug-likeness (QED) is 0.661. The molecule has 0 saturated carbocycles. The van der Waals surface area contributed by atoms with Crippen molar-refractivity contribution in [3.05, 3.63) is 42.2 Å². The third-order valence-corrected chi connectivity index (χ3v) is 6.23. The number of carbonyl (C=O) groups excluding carboxylic acids is 1. The van der Waals surface area contributed by atoms with Gasteiger partial charge in [-0.05, 0) is 36.5 Å². The summed E-state index contributed by atoms with van der Waals surface area (Å²) in [4.78, 5) is 12.5. The van der Waals surface area contributed by atoms with E-state index in [0.717, 1.165) is 5.56 Å². The minimum absolute atomic E-state index is 0. The standard InChI is InChI=1S/C19H27N5O4S.Na.H/c1-14(2)15-5-4-6-16(11-15)21-19(25)22-29(26,27)24(17-7-9-28-10-8-17)18-12-20-23(3)13-18;;/h4-6,11-14,17H,7-10H2,1-3H3,(H2,21,22,25);;. The summed E-state index contributed by atoms with van der Waals surface area (Å²) in [6.45, 7) is 5.02. The Hall–Kier alpha value is -1.59. The molecule has 160 valence electrons. The first-order valence-corrected chi connectivity index (χ1v) is 11.0. The molecule has 0 radical (unpaired) electrons. The first kappa shape index (κ1) is 24.7. The second-order valence-corrected chi connectivity index (χ2v) is 8.90. The fourth-order valence-electron chi connectivity index (χ4n) is 3.29. The van der Waals surface area contributed by atoms with E-state index < -0.39 is 16.2 Å². The van der Waals surface area contributed by atoms with E-state index >= 15 is 0 Å². The van der Waals surface area contributed by atoms with E-state index in [-0.39, 0.29) is 41.5 Å². The average Bonchev–Trinajstić information content (AvgIpc) is 3.07. The van der Waals surface area contributed by atoms with Crippen molar-refractivity contribution in [2.75, 3.05) is 22.8 Å². The molecule has 1 aromatic heterocycles. The van der Waals surface area contributed by atoms with Crippen LogP contribution in [0.2, 0.25) is 0 Å². The molecule has 0 bridgehead atoms. The molecule has 1 fully saturated rings. The molecule has 2 amide bonds. The van der Waals surface area contributed by atoms with E-state index in [4.69, 9.17) is 4.74 Å². The Bertz CT molecular complexity index is 957. The number of hydrogen-bond acceptors (Lipinski definition) is 5. The molecule has 2 N–H and O–H groups in total. The number of amides is 2. The van der Waals surface area contributed by atoms with Crippen LogP contribution in [-0.2, 0) is 22.0 Å². The number of carbonyl (C=O) groups is 1. The summed E-state index contributed by atoms with van der Waals surface area (Å²) in [5.41, 5.74) is 1.98. The molecule has 0 aliphatic carbocycles. The third kappa shape index (κ3) is 6.21. The molecule has 1 saturated heterocycles. The number of rotatable bonds is 6. The Kier molecular flexibility index (Phi) is 8.74. The normalized spacial score (nSPS) is 14.8. The van der Waals surface area contributed by atoms with Crippen LogP contribution >= 0.6 is 0 Å². The summed E-state index contributed by atoms with van der Waals surface area (Å²) in [6.07, 6.45) is 4.15. The van der Waals surface area contributed by atoms with Crippen molar-refractivity contribution < 1.29 is 17.9 Å². The van der Waals surface area contributed by atoms with Gasteiger partial charge in [0.1, 0.15) is 0 Å². The number of hydrogen-bond donors (Lipinski definition) is 2. The van der Waals surface area contributed by atoms with Crippen LogP contribution in [0.25, 0.3) is 0 Å². The van der Waals surface area contributed by atoms with Crippen LogP contribution in [0.1, 0.15) is 38.2 Å². The van der Waals surface area contributed by atoms with Crippen molar-refractivity contribution in [3.63, 3.8) is 0 Å². The van der Waals surface area contributed by atoms with Gasteiger partial charge in [0.05, 0.1) is 17.9 Å². The molecular formula is C19H28N5NaO4S. The second-order valence-electron chi connectivity index (χ2n) is 7.35. The zero-order valence-electron chi connectivity index (χ0n) is 16.8. The van der Waals surface area contributed by atoms with Crippen molar-refractivity contribution in [1.82, 2.24) is 14.5 Å². The SMILES string of the molecule is CC(C)c1cccc(NC(=O)NS(=O)(=O)N(c2cnn(C)c2)C2CCOCC2)c1.[NaH]. The maximum atomic E-state index is 13.1. The molecule has 11 heteroatoms. The van der Waals surface area contributed by atoms with Gasteiger partial charge in [-0.3, -0.25) is 4.68 Å². The number of benzene rings is 1. The molecule has 3 rings (SSSR count). The van der Waals surface area contributed by atoms with Crippen molar-refractivity contribution >= 4 is 57.2 Å². The zero-order valence-corrected chi connectivity index (χ0v) is 17.6. The van der Waals surface area contributed by atoms with Gasteiger partial charge in [0, 0.05) is 32.1 Å². The number of urea groups is 1. The van der Waals surface area contributed by atoms with Gasteiger partial charge in [0.15, 0.2) is 0 Å². The number of aromatic nitrogens is 2. The number of nitrogens with zero attached hydrogens (tertiary/aromatic N) is 3. The van der Waals surface area contributed by atoms with E-state index in [2.05, 4.69) is 15.1 Å². The number of nitrogens with one attached hydrogen (secondary N) is 2. The summed E-state index contributed by atoms with van der Waals surface area (Å²) in [6, 6.07) is 6.20. The van der Waals surface area contributed by atoms with Crippen molar-refractivity contribution in [2.24, 2.45) is 7.05 Å². The summed E-state index contributed by atoms with van der Waals surface area (Å²) in [5, 5.41) is 6.68. The van der Waals surface area contributed by atoms with Crippen LogP contribution in [-0.4, -0.2) is 73.0 Å². The summed E-state index contributed by atoms with van der Waals surface area (Å²) in [5.74, 6) is 0.290. The van der Waals surface area contributed by atoms with Gasteiger partial charge in [-0.1, -0.05) is 26.0 Å². The first-order chi connectivity index (χ1) is 13.8. The predicted molar refractivity (Wildman–Crippen MR) is 118 cm³/mol. The van der Waals surface area contributed by atoms with Gasteiger partial charge in [0.2, 0.25) is 0 Å². The van der Waals surface area contributed by atoms with E-state index in [0.29, 0.717) is 37.4 Å². The van der Waals surface area contributed by atoms with Crippen LogP contribution in [0.5, 0.6) is 0 Å². The molecule has 1 aliphatic rings. The van der Waals surface area contributed by atoms with Gasteiger partial charge in [-0.25, -0.2) is 13.8 Å². The molecule has 2 heterocycles. The Labute approximate surface area is 199 Å². The number of ether oxygens (including phenoxy) is 1.